The van der Waals surface area contributed by atoms with E-state index in [0.29, 0.717) is 12.0 Å². The van der Waals surface area contributed by atoms with Gasteiger partial charge < -0.3 is 30.2 Å². The van der Waals surface area contributed by atoms with E-state index in [4.69, 9.17) is 14.6 Å². The van der Waals surface area contributed by atoms with Crippen LogP contribution in [0.25, 0.3) is 10.9 Å². The van der Waals surface area contributed by atoms with E-state index in [1.807, 2.05) is 0 Å². The average Bonchev–Trinajstić information content (AvgIpc) is 3.35. The minimum Gasteiger partial charge on any atom is -0.494 e. The molecule has 0 radical (unpaired) electrons. The van der Waals surface area contributed by atoms with Crippen molar-refractivity contribution in [3.05, 3.63) is 63.7 Å². The number of halogens is 2. The summed E-state index contributed by atoms with van der Waals surface area (Å²) in [4.78, 5) is 43.4. The van der Waals surface area contributed by atoms with Crippen LogP contribution in [0, 0.1) is 17.6 Å². The fourth-order valence-electron chi connectivity index (χ4n) is 4.58. The van der Waals surface area contributed by atoms with Crippen LogP contribution in [0.15, 0.2) is 35.1 Å². The van der Waals surface area contributed by atoms with Gasteiger partial charge in [0.25, 0.3) is 11.5 Å². The summed E-state index contributed by atoms with van der Waals surface area (Å²) in [6.45, 7) is -0.384. The van der Waals surface area contributed by atoms with E-state index in [2.05, 4.69) is 20.6 Å². The van der Waals surface area contributed by atoms with Gasteiger partial charge in [-0.15, -0.1) is 0 Å². The molecule has 4 rings (SSSR count). The Bertz CT molecular complexity index is 1400. The van der Waals surface area contributed by atoms with Gasteiger partial charge in [0, 0.05) is 12.6 Å². The molecule has 0 bridgehead atoms. The molecule has 12 heteroatoms. The van der Waals surface area contributed by atoms with Crippen LogP contribution in [0.5, 0.6) is 11.5 Å². The first-order chi connectivity index (χ1) is 18.3. The highest BCUT2D eigenvalue weighted by atomic mass is 19.1. The maximum Gasteiger partial charge on any atom is 0.287 e. The van der Waals surface area contributed by atoms with Crippen LogP contribution in [0.2, 0.25) is 0 Å². The number of fused-ring (bicyclic) bond motifs is 1. The molecule has 1 aliphatic carbocycles. The number of nitrogens with one attached hydrogen (secondary N) is 3. The van der Waals surface area contributed by atoms with Gasteiger partial charge in [0.15, 0.2) is 29.0 Å². The molecule has 1 saturated carbocycles. The van der Waals surface area contributed by atoms with Gasteiger partial charge in [0.2, 0.25) is 5.91 Å². The Labute approximate surface area is 216 Å². The Kier molecular flexibility index (Phi) is 8.52. The normalized spacial score (nSPS) is 16.8. The second-order valence-corrected chi connectivity index (χ2v) is 9.08. The number of benzene rings is 2. The van der Waals surface area contributed by atoms with Crippen LogP contribution in [0.3, 0.4) is 0 Å². The second kappa shape index (κ2) is 12.0. The highest BCUT2D eigenvalue weighted by Crippen LogP contribution is 2.30. The molecule has 2 aromatic carbocycles. The molecule has 4 N–H and O–H groups in total. The number of hydrogen-bond donors (Lipinski definition) is 4. The number of ether oxygens (including phenoxy) is 2. The molecule has 3 aromatic rings. The molecule has 1 fully saturated rings. The topological polar surface area (TPSA) is 143 Å². The molecule has 202 valence electrons. The number of carbonyl (C=O) groups is 2. The average molecular weight is 531 g/mol. The standard InChI is InChI=1S/C26H28F2N4O6/c1-37-20-11-15(3-5-17(20)27)12-29-26(36)24-31-19-7-6-18(28)23(22(19)25(35)32-24)38-9-8-14-2-4-16(10-14)30-21(34)13-33/h3,5-7,11,14,16,33H,2,4,8-10,12-13H2,1H3,(H,29,36)(H,30,34)(H,31,32,35). The highest BCUT2D eigenvalue weighted by Gasteiger charge is 2.26. The molecule has 1 heterocycles. The first-order valence-corrected chi connectivity index (χ1v) is 12.1. The van der Waals surface area contributed by atoms with Crippen LogP contribution in [0.4, 0.5) is 8.78 Å². The summed E-state index contributed by atoms with van der Waals surface area (Å²) >= 11 is 0. The van der Waals surface area contributed by atoms with Gasteiger partial charge in [-0.25, -0.2) is 13.8 Å². The van der Waals surface area contributed by atoms with Crippen molar-refractivity contribution in [1.29, 1.82) is 0 Å². The lowest BCUT2D eigenvalue weighted by atomic mass is 10.0. The van der Waals surface area contributed by atoms with Gasteiger partial charge in [-0.3, -0.25) is 14.4 Å². The fraction of sp³-hybridized carbons (Fsp3) is 0.385. The number of rotatable bonds is 10. The van der Waals surface area contributed by atoms with Crippen LogP contribution >= 0.6 is 0 Å². The van der Waals surface area contributed by atoms with Crippen LogP contribution in [-0.4, -0.2) is 53.3 Å². The number of carbonyl (C=O) groups excluding carboxylic acids is 2. The number of hydrogen-bond acceptors (Lipinski definition) is 7. The number of nitrogens with zero attached hydrogens (tertiary/aromatic N) is 1. The zero-order chi connectivity index (χ0) is 27.2. The molecule has 1 aromatic heterocycles. The summed E-state index contributed by atoms with van der Waals surface area (Å²) in [7, 11) is 1.33. The van der Waals surface area contributed by atoms with Gasteiger partial charge in [-0.1, -0.05) is 6.07 Å². The predicted molar refractivity (Wildman–Crippen MR) is 133 cm³/mol. The Morgan fingerprint density at radius 3 is 2.74 bits per heavy atom. The van der Waals surface area contributed by atoms with E-state index in [-0.39, 0.29) is 53.3 Å². The molecule has 2 atom stereocenters. The number of H-pyrrole nitrogens is 1. The minimum absolute atomic E-state index is 0.0179. The molecule has 2 amide bonds. The van der Waals surface area contributed by atoms with Gasteiger partial charge in [-0.2, -0.15) is 0 Å². The molecule has 0 aliphatic heterocycles. The number of aromatic nitrogens is 2. The van der Waals surface area contributed by atoms with Gasteiger partial charge >= 0.3 is 0 Å². The van der Waals surface area contributed by atoms with Crippen molar-refractivity contribution in [3.63, 3.8) is 0 Å². The third-order valence-electron chi connectivity index (χ3n) is 6.49. The summed E-state index contributed by atoms with van der Waals surface area (Å²) in [5.41, 5.74) is -0.0704. The van der Waals surface area contributed by atoms with E-state index in [0.717, 1.165) is 25.3 Å². The maximum atomic E-state index is 14.6. The van der Waals surface area contributed by atoms with Crippen molar-refractivity contribution in [2.45, 2.75) is 38.3 Å². The highest BCUT2D eigenvalue weighted by molar-refractivity contribution is 5.93. The van der Waals surface area contributed by atoms with Crippen molar-refractivity contribution >= 4 is 22.7 Å². The molecule has 38 heavy (non-hydrogen) atoms. The first-order valence-electron chi connectivity index (χ1n) is 12.1. The SMILES string of the molecule is COc1cc(CNC(=O)c2nc3ccc(F)c(OCCC4CCC(NC(=O)CO)C4)c3c(=O)[nH]2)ccc1F. The lowest BCUT2D eigenvalue weighted by Gasteiger charge is -2.14. The van der Waals surface area contributed by atoms with E-state index in [9.17, 15) is 23.2 Å². The number of aliphatic hydroxyl groups excluding tert-OH is 1. The van der Waals surface area contributed by atoms with Crippen LogP contribution < -0.4 is 25.7 Å². The molecule has 1 aliphatic rings. The smallest absolute Gasteiger partial charge is 0.287 e. The van der Waals surface area contributed by atoms with E-state index < -0.39 is 35.6 Å². The third-order valence-corrected chi connectivity index (χ3v) is 6.49. The van der Waals surface area contributed by atoms with E-state index in [1.54, 1.807) is 0 Å². The third kappa shape index (κ3) is 6.25. The summed E-state index contributed by atoms with van der Waals surface area (Å²) in [6, 6.07) is 6.53. The summed E-state index contributed by atoms with van der Waals surface area (Å²) in [6.07, 6.45) is 2.94. The van der Waals surface area contributed by atoms with E-state index >= 15 is 0 Å². The lowest BCUT2D eigenvalue weighted by molar-refractivity contribution is -0.124. The minimum atomic E-state index is -0.731. The van der Waals surface area contributed by atoms with Gasteiger partial charge in [0.1, 0.15) is 12.0 Å². The number of aromatic amines is 1. The molecule has 0 spiro atoms. The van der Waals surface area contributed by atoms with E-state index in [1.165, 1.54) is 31.4 Å². The maximum absolute atomic E-state index is 14.6. The van der Waals surface area contributed by atoms with Crippen molar-refractivity contribution in [2.24, 2.45) is 5.92 Å². The first kappa shape index (κ1) is 27.0. The molecule has 2 unspecified atom stereocenters. The van der Waals surface area contributed by atoms with Crippen molar-refractivity contribution in [3.8, 4) is 11.5 Å². The van der Waals surface area contributed by atoms with Crippen LogP contribution in [0.1, 0.15) is 41.9 Å². The van der Waals surface area contributed by atoms with Crippen molar-refractivity contribution < 1.29 is 33.0 Å². The Balaban J connectivity index is 1.41. The monoisotopic (exact) mass is 530 g/mol. The quantitative estimate of drug-likeness (QED) is 0.315. The predicted octanol–water partition coefficient (Wildman–Crippen LogP) is 2.19. The number of aliphatic hydroxyl groups is 1. The van der Waals surface area contributed by atoms with Crippen molar-refractivity contribution in [2.75, 3.05) is 20.3 Å². The van der Waals surface area contributed by atoms with Gasteiger partial charge in [-0.05, 0) is 61.4 Å². The Morgan fingerprint density at radius 1 is 1.18 bits per heavy atom. The van der Waals surface area contributed by atoms with Gasteiger partial charge in [0.05, 0.1) is 19.2 Å². The van der Waals surface area contributed by atoms with Crippen molar-refractivity contribution in [1.82, 2.24) is 20.6 Å². The summed E-state index contributed by atoms with van der Waals surface area (Å²) < 4.78 is 38.8. The molecule has 10 nitrogen and oxygen atoms in total. The lowest BCUT2D eigenvalue weighted by Crippen LogP contribution is -2.34. The molecular formula is C26H28F2N4O6. The number of methoxy groups -OCH3 is 1. The second-order valence-electron chi connectivity index (χ2n) is 9.08. The summed E-state index contributed by atoms with van der Waals surface area (Å²) in [5.74, 6) is -2.60. The molecule has 0 saturated heterocycles. The Morgan fingerprint density at radius 2 is 1.97 bits per heavy atom. The fourth-order valence-corrected chi connectivity index (χ4v) is 4.58. The zero-order valence-electron chi connectivity index (χ0n) is 20.7. The Hall–Kier alpha value is -4.06. The zero-order valence-corrected chi connectivity index (χ0v) is 20.7. The number of amides is 2. The summed E-state index contributed by atoms with van der Waals surface area (Å²) in [5, 5.41) is 14.1. The molecular weight excluding hydrogens is 502 g/mol. The largest absolute Gasteiger partial charge is 0.494 e. The van der Waals surface area contributed by atoms with Crippen LogP contribution in [-0.2, 0) is 11.3 Å².